The quantitative estimate of drug-likeness (QED) is 0.550. The molecule has 0 bridgehead atoms. The van der Waals surface area contributed by atoms with Crippen LogP contribution in [0.2, 0.25) is 0 Å². The molecule has 0 aliphatic rings. The number of carboxylic acids is 1. The highest BCUT2D eigenvalue weighted by Gasteiger charge is 2.10. The van der Waals surface area contributed by atoms with Crippen molar-refractivity contribution < 1.29 is 24.1 Å². The summed E-state index contributed by atoms with van der Waals surface area (Å²) in [6.45, 7) is 0.155. The average Bonchev–Trinajstić information content (AvgIpc) is 2.41. The molecule has 0 aromatic heterocycles. The number of hydrogen-bond donors (Lipinski definition) is 1. The first-order valence-corrected chi connectivity index (χ1v) is 6.18. The Hall–Kier alpha value is -1.75. The van der Waals surface area contributed by atoms with E-state index >= 15 is 0 Å². The minimum Gasteiger partial charge on any atom is -0.493 e. The maximum absolute atomic E-state index is 10.5. The van der Waals surface area contributed by atoms with Crippen LogP contribution in [0.1, 0.15) is 24.8 Å². The van der Waals surface area contributed by atoms with E-state index in [1.807, 2.05) is 18.2 Å². The van der Waals surface area contributed by atoms with Gasteiger partial charge in [-0.1, -0.05) is 12.1 Å². The first kappa shape index (κ1) is 15.3. The predicted octanol–water partition coefficient (Wildman–Crippen LogP) is 2.48. The van der Waals surface area contributed by atoms with Crippen LogP contribution >= 0.6 is 0 Å². The zero-order valence-electron chi connectivity index (χ0n) is 11.3. The molecule has 0 radical (unpaired) electrons. The molecule has 1 aromatic carbocycles. The lowest BCUT2D eigenvalue weighted by atomic mass is 10.1. The van der Waals surface area contributed by atoms with Gasteiger partial charge in [-0.3, -0.25) is 4.79 Å². The number of aliphatic carboxylic acids is 1. The van der Waals surface area contributed by atoms with Crippen LogP contribution in [0, 0.1) is 0 Å². The van der Waals surface area contributed by atoms with Gasteiger partial charge in [0.15, 0.2) is 18.3 Å². The van der Waals surface area contributed by atoms with Gasteiger partial charge in [0.2, 0.25) is 0 Å². The molecule has 1 aromatic rings. The van der Waals surface area contributed by atoms with E-state index < -0.39 is 5.97 Å². The van der Waals surface area contributed by atoms with Gasteiger partial charge in [0.25, 0.3) is 0 Å². The molecule has 0 unspecified atom stereocenters. The molecule has 0 heterocycles. The van der Waals surface area contributed by atoms with E-state index in [0.29, 0.717) is 17.9 Å². The Morgan fingerprint density at radius 2 is 2.05 bits per heavy atom. The van der Waals surface area contributed by atoms with Crippen LogP contribution in [-0.4, -0.2) is 32.1 Å². The summed E-state index contributed by atoms with van der Waals surface area (Å²) in [5.41, 5.74) is 1.00. The van der Waals surface area contributed by atoms with E-state index in [-0.39, 0.29) is 13.2 Å². The zero-order chi connectivity index (χ0) is 14.1. The van der Waals surface area contributed by atoms with Crippen molar-refractivity contribution in [2.75, 3.05) is 21.0 Å². The fourth-order valence-corrected chi connectivity index (χ4v) is 1.79. The van der Waals surface area contributed by atoms with Crippen molar-refractivity contribution in [3.8, 4) is 11.5 Å². The monoisotopic (exact) mass is 268 g/mol. The summed E-state index contributed by atoms with van der Waals surface area (Å²) in [5.74, 6) is 0.566. The highest BCUT2D eigenvalue weighted by atomic mass is 16.7. The molecular formula is C14H20O5. The van der Waals surface area contributed by atoms with Crippen molar-refractivity contribution in [3.05, 3.63) is 23.8 Å². The van der Waals surface area contributed by atoms with Crippen molar-refractivity contribution in [1.29, 1.82) is 0 Å². The van der Waals surface area contributed by atoms with Gasteiger partial charge in [-0.25, -0.2) is 0 Å². The Bertz CT molecular complexity index is 403. The van der Waals surface area contributed by atoms with E-state index in [9.17, 15) is 4.79 Å². The number of para-hydroxylation sites is 1. The topological polar surface area (TPSA) is 65.0 Å². The molecule has 0 fully saturated rings. The van der Waals surface area contributed by atoms with Crippen molar-refractivity contribution in [2.45, 2.75) is 25.7 Å². The molecule has 0 spiro atoms. The minimum atomic E-state index is -0.763. The lowest BCUT2D eigenvalue weighted by Gasteiger charge is -2.14. The molecule has 5 heteroatoms. The maximum atomic E-state index is 10.5. The van der Waals surface area contributed by atoms with Crippen LogP contribution in [0.4, 0.5) is 0 Å². The smallest absolute Gasteiger partial charge is 0.303 e. The summed E-state index contributed by atoms with van der Waals surface area (Å²) >= 11 is 0. The Kier molecular flexibility index (Phi) is 6.74. The van der Waals surface area contributed by atoms with E-state index in [0.717, 1.165) is 18.4 Å². The van der Waals surface area contributed by atoms with Gasteiger partial charge in [0.05, 0.1) is 7.11 Å². The maximum Gasteiger partial charge on any atom is 0.303 e. The number of carboxylic acid groups (broad SMARTS) is 1. The highest BCUT2D eigenvalue weighted by Crippen LogP contribution is 2.32. The van der Waals surface area contributed by atoms with Gasteiger partial charge in [-0.05, 0) is 30.9 Å². The molecule has 5 nitrogen and oxygen atoms in total. The lowest BCUT2D eigenvalue weighted by molar-refractivity contribution is -0.137. The van der Waals surface area contributed by atoms with E-state index in [4.69, 9.17) is 19.3 Å². The number of carbonyl (C=O) groups is 1. The zero-order valence-corrected chi connectivity index (χ0v) is 11.3. The lowest BCUT2D eigenvalue weighted by Crippen LogP contribution is -2.04. The molecule has 106 valence electrons. The molecule has 1 rings (SSSR count). The second-order valence-electron chi connectivity index (χ2n) is 4.10. The number of ether oxygens (including phenoxy) is 3. The fraction of sp³-hybridized carbons (Fsp3) is 0.500. The minimum absolute atomic E-state index is 0.155. The molecule has 0 saturated heterocycles. The largest absolute Gasteiger partial charge is 0.493 e. The summed E-state index contributed by atoms with van der Waals surface area (Å²) in [5, 5.41) is 8.60. The third-order valence-electron chi connectivity index (χ3n) is 2.69. The van der Waals surface area contributed by atoms with Crippen LogP contribution in [0.25, 0.3) is 0 Å². The van der Waals surface area contributed by atoms with Gasteiger partial charge in [0, 0.05) is 13.5 Å². The normalized spacial score (nSPS) is 10.2. The third-order valence-corrected chi connectivity index (χ3v) is 2.69. The molecule has 19 heavy (non-hydrogen) atoms. The summed E-state index contributed by atoms with van der Waals surface area (Å²) < 4.78 is 15.7. The van der Waals surface area contributed by atoms with Crippen molar-refractivity contribution in [1.82, 2.24) is 0 Å². The average molecular weight is 268 g/mol. The molecule has 1 N–H and O–H groups in total. The van der Waals surface area contributed by atoms with Crippen molar-refractivity contribution >= 4 is 5.97 Å². The van der Waals surface area contributed by atoms with E-state index in [1.165, 1.54) is 0 Å². The Morgan fingerprint density at radius 3 is 2.68 bits per heavy atom. The van der Waals surface area contributed by atoms with Crippen molar-refractivity contribution in [2.24, 2.45) is 0 Å². The number of hydrogen-bond acceptors (Lipinski definition) is 4. The number of methoxy groups -OCH3 is 2. The first-order valence-electron chi connectivity index (χ1n) is 6.18. The van der Waals surface area contributed by atoms with Crippen LogP contribution < -0.4 is 9.47 Å². The van der Waals surface area contributed by atoms with Gasteiger partial charge in [-0.15, -0.1) is 0 Å². The van der Waals surface area contributed by atoms with Crippen LogP contribution in [-0.2, 0) is 16.0 Å². The highest BCUT2D eigenvalue weighted by molar-refractivity contribution is 5.66. The van der Waals surface area contributed by atoms with Gasteiger partial charge in [-0.2, -0.15) is 0 Å². The van der Waals surface area contributed by atoms with E-state index in [1.54, 1.807) is 14.2 Å². The molecule has 0 aliphatic carbocycles. The number of unbranched alkanes of at least 4 members (excludes halogenated alkanes) is 1. The second-order valence-corrected chi connectivity index (χ2v) is 4.10. The summed E-state index contributed by atoms with van der Waals surface area (Å²) in [4.78, 5) is 10.5. The van der Waals surface area contributed by atoms with Gasteiger partial charge >= 0.3 is 5.97 Å². The number of rotatable bonds is 9. The van der Waals surface area contributed by atoms with Crippen LogP contribution in [0.5, 0.6) is 11.5 Å². The van der Waals surface area contributed by atoms with Crippen LogP contribution in [0.3, 0.4) is 0 Å². The second kappa shape index (κ2) is 8.37. The molecular weight excluding hydrogens is 248 g/mol. The van der Waals surface area contributed by atoms with E-state index in [2.05, 4.69) is 0 Å². The Balaban J connectivity index is 2.66. The fourth-order valence-electron chi connectivity index (χ4n) is 1.79. The summed E-state index contributed by atoms with van der Waals surface area (Å²) in [7, 11) is 3.14. The molecule has 0 aliphatic heterocycles. The SMILES string of the molecule is COCOc1c(CCCCC(=O)O)cccc1OC. The number of aryl methyl sites for hydroxylation is 1. The molecule has 0 amide bonds. The van der Waals surface area contributed by atoms with Crippen molar-refractivity contribution in [3.63, 3.8) is 0 Å². The Labute approximate surface area is 113 Å². The standard InChI is InChI=1S/C14H20O5/c1-17-10-19-14-11(6-3-4-9-13(15)16)7-5-8-12(14)18-2/h5,7-8H,3-4,6,9-10H2,1-2H3,(H,15,16). The van der Waals surface area contributed by atoms with Gasteiger partial charge in [0.1, 0.15) is 0 Å². The van der Waals surface area contributed by atoms with Gasteiger partial charge < -0.3 is 19.3 Å². The first-order chi connectivity index (χ1) is 9.19. The molecule has 0 saturated carbocycles. The molecule has 0 atom stereocenters. The van der Waals surface area contributed by atoms with Crippen LogP contribution in [0.15, 0.2) is 18.2 Å². The number of benzene rings is 1. The summed E-state index contributed by atoms with van der Waals surface area (Å²) in [6.07, 6.45) is 2.39. The third kappa shape index (κ3) is 5.18. The Morgan fingerprint density at radius 1 is 1.26 bits per heavy atom. The summed E-state index contributed by atoms with van der Waals surface area (Å²) in [6, 6.07) is 5.67. The predicted molar refractivity (Wildman–Crippen MR) is 70.7 cm³/mol.